The number of alkyl halides is 1. The molecule has 0 aliphatic carbocycles. The highest BCUT2D eigenvalue weighted by molar-refractivity contribution is 14.1. The van der Waals surface area contributed by atoms with Gasteiger partial charge in [-0.3, -0.25) is 4.79 Å². The molecular formula is C8H13IO2. The molecule has 0 N–H and O–H groups in total. The molecule has 0 aromatic heterocycles. The van der Waals surface area contributed by atoms with Gasteiger partial charge >= 0.3 is 5.97 Å². The molecule has 1 aliphatic heterocycles. The Morgan fingerprint density at radius 3 is 3.09 bits per heavy atom. The molecule has 2 nitrogen and oxygen atoms in total. The van der Waals surface area contributed by atoms with E-state index in [1.165, 1.54) is 6.42 Å². The molecule has 0 spiro atoms. The summed E-state index contributed by atoms with van der Waals surface area (Å²) in [6.07, 6.45) is 5.16. The van der Waals surface area contributed by atoms with E-state index in [1.807, 2.05) is 0 Å². The maximum Gasteiger partial charge on any atom is 0.306 e. The normalized spacial score (nSPS) is 24.8. The summed E-state index contributed by atoms with van der Waals surface area (Å²) in [5.74, 6) is -0.00490. The van der Waals surface area contributed by atoms with Crippen LogP contribution in [0.15, 0.2) is 0 Å². The SMILES string of the molecule is O=C1CCCC(CCCI)O1. The van der Waals surface area contributed by atoms with Gasteiger partial charge in [0.2, 0.25) is 0 Å². The monoisotopic (exact) mass is 268 g/mol. The van der Waals surface area contributed by atoms with Crippen molar-refractivity contribution in [1.29, 1.82) is 0 Å². The average molecular weight is 268 g/mol. The second-order valence-electron chi connectivity index (χ2n) is 2.84. The predicted octanol–water partition coefficient (Wildman–Crippen LogP) is 2.30. The maximum absolute atomic E-state index is 10.8. The smallest absolute Gasteiger partial charge is 0.306 e. The number of esters is 1. The van der Waals surface area contributed by atoms with Crippen LogP contribution in [0.5, 0.6) is 0 Å². The van der Waals surface area contributed by atoms with Gasteiger partial charge in [-0.1, -0.05) is 22.6 Å². The van der Waals surface area contributed by atoms with Crippen LogP contribution < -0.4 is 0 Å². The van der Waals surface area contributed by atoms with Crippen LogP contribution in [0.25, 0.3) is 0 Å². The summed E-state index contributed by atoms with van der Waals surface area (Å²) in [6, 6.07) is 0. The van der Waals surface area contributed by atoms with Crippen molar-refractivity contribution in [3.05, 3.63) is 0 Å². The van der Waals surface area contributed by atoms with Gasteiger partial charge in [0.1, 0.15) is 6.10 Å². The largest absolute Gasteiger partial charge is 0.462 e. The molecule has 1 heterocycles. The molecule has 1 fully saturated rings. The number of hydrogen-bond donors (Lipinski definition) is 0. The third kappa shape index (κ3) is 3.40. The molecule has 0 saturated carbocycles. The van der Waals surface area contributed by atoms with Gasteiger partial charge in [0.25, 0.3) is 0 Å². The van der Waals surface area contributed by atoms with Crippen LogP contribution in [0.1, 0.15) is 32.1 Å². The lowest BCUT2D eigenvalue weighted by atomic mass is 10.1. The van der Waals surface area contributed by atoms with E-state index < -0.39 is 0 Å². The van der Waals surface area contributed by atoms with Gasteiger partial charge in [0.15, 0.2) is 0 Å². The zero-order valence-electron chi connectivity index (χ0n) is 6.51. The minimum atomic E-state index is -0.00490. The van der Waals surface area contributed by atoms with Crippen molar-refractivity contribution in [2.24, 2.45) is 0 Å². The fourth-order valence-corrected chi connectivity index (χ4v) is 1.73. The fraction of sp³-hybridized carbons (Fsp3) is 0.875. The van der Waals surface area contributed by atoms with Crippen LogP contribution in [0.4, 0.5) is 0 Å². The second kappa shape index (κ2) is 4.95. The summed E-state index contributed by atoms with van der Waals surface area (Å²) < 4.78 is 6.30. The molecule has 0 amide bonds. The lowest BCUT2D eigenvalue weighted by molar-refractivity contribution is -0.153. The van der Waals surface area contributed by atoms with E-state index in [1.54, 1.807) is 0 Å². The first-order chi connectivity index (χ1) is 5.33. The van der Waals surface area contributed by atoms with E-state index in [-0.39, 0.29) is 12.1 Å². The minimum Gasteiger partial charge on any atom is -0.462 e. The first-order valence-electron chi connectivity index (χ1n) is 4.08. The summed E-state index contributed by atoms with van der Waals surface area (Å²) in [5.41, 5.74) is 0. The van der Waals surface area contributed by atoms with Crippen molar-refractivity contribution in [3.8, 4) is 0 Å². The molecule has 1 aliphatic rings. The highest BCUT2D eigenvalue weighted by atomic mass is 127. The van der Waals surface area contributed by atoms with Crippen molar-refractivity contribution in [2.75, 3.05) is 4.43 Å². The Kier molecular flexibility index (Phi) is 4.18. The van der Waals surface area contributed by atoms with Crippen molar-refractivity contribution >= 4 is 28.6 Å². The van der Waals surface area contributed by atoms with Crippen LogP contribution in [-0.4, -0.2) is 16.5 Å². The molecule has 3 heteroatoms. The molecule has 1 saturated heterocycles. The fourth-order valence-electron chi connectivity index (χ4n) is 1.29. The zero-order chi connectivity index (χ0) is 8.10. The third-order valence-corrected chi connectivity index (χ3v) is 2.63. The lowest BCUT2D eigenvalue weighted by Crippen LogP contribution is -2.23. The summed E-state index contributed by atoms with van der Waals surface area (Å²) in [6.45, 7) is 0. The topological polar surface area (TPSA) is 26.3 Å². The molecule has 0 aromatic rings. The van der Waals surface area contributed by atoms with Crippen LogP contribution in [0.3, 0.4) is 0 Å². The Morgan fingerprint density at radius 1 is 1.64 bits per heavy atom. The Morgan fingerprint density at radius 2 is 2.45 bits per heavy atom. The number of cyclic esters (lactones) is 1. The first-order valence-corrected chi connectivity index (χ1v) is 5.61. The van der Waals surface area contributed by atoms with Crippen molar-refractivity contribution in [3.63, 3.8) is 0 Å². The molecular weight excluding hydrogens is 255 g/mol. The molecule has 0 radical (unpaired) electrons. The number of carbonyl (C=O) groups is 1. The summed E-state index contributed by atoms with van der Waals surface area (Å²) >= 11 is 2.35. The van der Waals surface area contributed by atoms with Crippen molar-refractivity contribution in [1.82, 2.24) is 0 Å². The summed E-state index contributed by atoms with van der Waals surface area (Å²) in [4.78, 5) is 10.8. The number of rotatable bonds is 3. The highest BCUT2D eigenvalue weighted by Crippen LogP contribution is 2.18. The zero-order valence-corrected chi connectivity index (χ0v) is 8.67. The quantitative estimate of drug-likeness (QED) is 0.446. The Hall–Kier alpha value is 0.200. The van der Waals surface area contributed by atoms with Crippen molar-refractivity contribution in [2.45, 2.75) is 38.2 Å². The molecule has 1 rings (SSSR count). The third-order valence-electron chi connectivity index (χ3n) is 1.86. The molecule has 64 valence electrons. The van der Waals surface area contributed by atoms with Crippen LogP contribution in [0, 0.1) is 0 Å². The van der Waals surface area contributed by atoms with E-state index >= 15 is 0 Å². The highest BCUT2D eigenvalue weighted by Gasteiger charge is 2.19. The Labute approximate surface area is 80.8 Å². The van der Waals surface area contributed by atoms with Crippen LogP contribution in [0.2, 0.25) is 0 Å². The molecule has 0 bridgehead atoms. The molecule has 1 atom stereocenters. The van der Waals surface area contributed by atoms with Gasteiger partial charge in [-0.25, -0.2) is 0 Å². The van der Waals surface area contributed by atoms with Crippen LogP contribution in [-0.2, 0) is 9.53 Å². The Bertz CT molecular complexity index is 136. The van der Waals surface area contributed by atoms with Gasteiger partial charge < -0.3 is 4.74 Å². The lowest BCUT2D eigenvalue weighted by Gasteiger charge is -2.21. The number of hydrogen-bond acceptors (Lipinski definition) is 2. The Balaban J connectivity index is 2.17. The molecule has 0 aromatic carbocycles. The minimum absolute atomic E-state index is 0.00490. The number of ether oxygens (including phenoxy) is 1. The average Bonchev–Trinajstić information content (AvgIpc) is 2.01. The van der Waals surface area contributed by atoms with Crippen molar-refractivity contribution < 1.29 is 9.53 Å². The molecule has 11 heavy (non-hydrogen) atoms. The summed E-state index contributed by atoms with van der Waals surface area (Å²) in [7, 11) is 0. The van der Waals surface area contributed by atoms with E-state index in [2.05, 4.69) is 22.6 Å². The van der Waals surface area contributed by atoms with E-state index in [0.29, 0.717) is 6.42 Å². The van der Waals surface area contributed by atoms with Crippen LogP contribution >= 0.6 is 22.6 Å². The van der Waals surface area contributed by atoms with Gasteiger partial charge in [-0.15, -0.1) is 0 Å². The number of carbonyl (C=O) groups excluding carboxylic acids is 1. The maximum atomic E-state index is 10.8. The van der Waals surface area contributed by atoms with Gasteiger partial charge in [-0.2, -0.15) is 0 Å². The number of halogens is 1. The van der Waals surface area contributed by atoms with Gasteiger partial charge in [0.05, 0.1) is 0 Å². The molecule has 1 unspecified atom stereocenters. The predicted molar refractivity (Wildman–Crippen MR) is 51.9 cm³/mol. The second-order valence-corrected chi connectivity index (χ2v) is 3.91. The summed E-state index contributed by atoms with van der Waals surface area (Å²) in [5, 5.41) is 0. The standard InChI is InChI=1S/C8H13IO2/c9-6-2-4-7-3-1-5-8(10)11-7/h7H,1-6H2. The van der Waals surface area contributed by atoms with E-state index in [9.17, 15) is 4.79 Å². The van der Waals surface area contributed by atoms with E-state index in [4.69, 9.17) is 4.74 Å². The van der Waals surface area contributed by atoms with E-state index in [0.717, 1.165) is 23.7 Å². The van der Waals surface area contributed by atoms with Gasteiger partial charge in [0, 0.05) is 6.42 Å². The first kappa shape index (κ1) is 9.29. The van der Waals surface area contributed by atoms with Gasteiger partial charge in [-0.05, 0) is 30.1 Å².